The fourth-order valence-corrected chi connectivity index (χ4v) is 4.20. The highest BCUT2D eigenvalue weighted by molar-refractivity contribution is 7.20. The predicted octanol–water partition coefficient (Wildman–Crippen LogP) is 3.26. The third-order valence-corrected chi connectivity index (χ3v) is 5.72. The molecule has 0 saturated carbocycles. The molecule has 0 bridgehead atoms. The van der Waals surface area contributed by atoms with Crippen molar-refractivity contribution < 1.29 is 14.7 Å². The van der Waals surface area contributed by atoms with E-state index in [9.17, 15) is 14.7 Å². The molecular weight excluding hydrogens is 400 g/mol. The van der Waals surface area contributed by atoms with Gasteiger partial charge < -0.3 is 15.7 Å². The molecule has 0 aliphatic carbocycles. The van der Waals surface area contributed by atoms with Gasteiger partial charge in [-0.25, -0.2) is 4.68 Å². The zero-order valence-corrected chi connectivity index (χ0v) is 17.1. The Morgan fingerprint density at radius 2 is 1.67 bits per heavy atom. The predicted molar refractivity (Wildman–Crippen MR) is 116 cm³/mol. The summed E-state index contributed by atoms with van der Waals surface area (Å²) in [4.78, 5) is 26.1. The molecule has 4 rings (SSSR count). The maximum atomic E-state index is 12.6. The van der Waals surface area contributed by atoms with Gasteiger partial charge in [0.05, 0.1) is 21.8 Å². The van der Waals surface area contributed by atoms with Crippen molar-refractivity contribution in [3.05, 3.63) is 76.8 Å². The van der Waals surface area contributed by atoms with Crippen molar-refractivity contribution in [1.29, 1.82) is 0 Å². The van der Waals surface area contributed by atoms with Gasteiger partial charge >= 0.3 is 0 Å². The zero-order valence-electron chi connectivity index (χ0n) is 16.3. The highest BCUT2D eigenvalue weighted by Gasteiger charge is 2.17. The van der Waals surface area contributed by atoms with E-state index in [0.717, 1.165) is 21.6 Å². The van der Waals surface area contributed by atoms with Gasteiger partial charge in [0.2, 0.25) is 0 Å². The van der Waals surface area contributed by atoms with Gasteiger partial charge in [0.25, 0.3) is 11.8 Å². The number of carbonyl (C=O) groups excluding carboxylic acids is 2. The third-order valence-electron chi connectivity index (χ3n) is 4.61. The molecule has 2 heterocycles. The van der Waals surface area contributed by atoms with E-state index >= 15 is 0 Å². The Bertz CT molecular complexity index is 1210. The average molecular weight is 420 g/mol. The molecule has 0 aliphatic heterocycles. The number of nitrogens with zero attached hydrogens (tertiary/aromatic N) is 2. The number of fused-ring (bicyclic) bond motifs is 1. The number of phenolic OH excluding ortho intramolecular Hbond substituents is 1. The van der Waals surface area contributed by atoms with E-state index in [-0.39, 0.29) is 36.2 Å². The fourth-order valence-electron chi connectivity index (χ4n) is 3.10. The van der Waals surface area contributed by atoms with Gasteiger partial charge in [0.1, 0.15) is 10.6 Å². The molecule has 4 aromatic rings. The fraction of sp³-hybridized carbons (Fsp3) is 0.136. The highest BCUT2D eigenvalue weighted by Crippen LogP contribution is 2.30. The summed E-state index contributed by atoms with van der Waals surface area (Å²) in [5.41, 5.74) is 2.00. The monoisotopic (exact) mass is 420 g/mol. The first kappa shape index (κ1) is 19.7. The molecule has 0 aliphatic rings. The second-order valence-electron chi connectivity index (χ2n) is 6.69. The van der Waals surface area contributed by atoms with Gasteiger partial charge in [-0.15, -0.1) is 11.3 Å². The van der Waals surface area contributed by atoms with Gasteiger partial charge in [0, 0.05) is 18.5 Å². The first-order valence-electron chi connectivity index (χ1n) is 9.43. The summed E-state index contributed by atoms with van der Waals surface area (Å²) in [5.74, 6) is -0.665. The SMILES string of the molecule is Cc1nn(-c2ccccc2)c2sc(C(=O)NCCNC(=O)c3ccccc3O)cc12. The summed E-state index contributed by atoms with van der Waals surface area (Å²) in [6, 6.07) is 17.9. The van der Waals surface area contributed by atoms with Gasteiger partial charge in [-0.3, -0.25) is 9.59 Å². The van der Waals surface area contributed by atoms with E-state index in [0.29, 0.717) is 4.88 Å². The van der Waals surface area contributed by atoms with Crippen LogP contribution in [-0.2, 0) is 0 Å². The number of thiophene rings is 1. The van der Waals surface area contributed by atoms with Crippen LogP contribution in [-0.4, -0.2) is 39.8 Å². The number of phenols is 1. The Morgan fingerprint density at radius 3 is 2.40 bits per heavy atom. The molecule has 152 valence electrons. The van der Waals surface area contributed by atoms with Crippen molar-refractivity contribution in [1.82, 2.24) is 20.4 Å². The minimum absolute atomic E-state index is 0.0767. The third kappa shape index (κ3) is 3.90. The van der Waals surface area contributed by atoms with Crippen molar-refractivity contribution in [2.24, 2.45) is 0 Å². The number of hydrogen-bond acceptors (Lipinski definition) is 5. The Balaban J connectivity index is 1.39. The molecule has 8 heteroatoms. The van der Waals surface area contributed by atoms with Gasteiger partial charge in [0.15, 0.2) is 0 Å². The van der Waals surface area contributed by atoms with Gasteiger partial charge in [-0.1, -0.05) is 30.3 Å². The van der Waals surface area contributed by atoms with Crippen LogP contribution in [0.1, 0.15) is 25.7 Å². The number of amides is 2. The number of carbonyl (C=O) groups is 2. The van der Waals surface area contributed by atoms with Crippen molar-refractivity contribution in [3.63, 3.8) is 0 Å². The molecular formula is C22H20N4O3S. The first-order chi connectivity index (χ1) is 14.5. The normalized spacial score (nSPS) is 10.8. The maximum absolute atomic E-state index is 12.6. The van der Waals surface area contributed by atoms with Crippen LogP contribution in [0.5, 0.6) is 5.75 Å². The van der Waals surface area contributed by atoms with Crippen LogP contribution < -0.4 is 10.6 Å². The lowest BCUT2D eigenvalue weighted by Gasteiger charge is -2.07. The molecule has 3 N–H and O–H groups in total. The van der Waals surface area contributed by atoms with Gasteiger partial charge in [-0.2, -0.15) is 5.10 Å². The average Bonchev–Trinajstić information content (AvgIpc) is 3.32. The van der Waals surface area contributed by atoms with Crippen molar-refractivity contribution in [2.75, 3.05) is 13.1 Å². The molecule has 0 fully saturated rings. The van der Waals surface area contributed by atoms with Gasteiger partial charge in [-0.05, 0) is 37.3 Å². The zero-order chi connectivity index (χ0) is 21.1. The number of nitrogens with one attached hydrogen (secondary N) is 2. The molecule has 0 unspecified atom stereocenters. The van der Waals surface area contributed by atoms with E-state index in [1.54, 1.807) is 18.2 Å². The number of hydrogen-bond donors (Lipinski definition) is 3. The van der Waals surface area contributed by atoms with Crippen LogP contribution in [0.4, 0.5) is 0 Å². The van der Waals surface area contributed by atoms with Crippen LogP contribution in [0, 0.1) is 6.92 Å². The van der Waals surface area contributed by atoms with E-state index in [1.807, 2.05) is 48.0 Å². The van der Waals surface area contributed by atoms with Crippen molar-refractivity contribution >= 4 is 33.4 Å². The number of para-hydroxylation sites is 2. The second kappa shape index (κ2) is 8.38. The minimum atomic E-state index is -0.386. The van der Waals surface area contributed by atoms with Crippen LogP contribution in [0.25, 0.3) is 15.9 Å². The molecule has 2 aromatic heterocycles. The molecule has 0 saturated heterocycles. The van der Waals surface area contributed by atoms with E-state index < -0.39 is 0 Å². The maximum Gasteiger partial charge on any atom is 0.261 e. The van der Waals surface area contributed by atoms with Crippen molar-refractivity contribution in [3.8, 4) is 11.4 Å². The smallest absolute Gasteiger partial charge is 0.261 e. The van der Waals surface area contributed by atoms with E-state index in [4.69, 9.17) is 0 Å². The number of benzene rings is 2. The summed E-state index contributed by atoms with van der Waals surface area (Å²) < 4.78 is 1.85. The van der Waals surface area contributed by atoms with Crippen LogP contribution >= 0.6 is 11.3 Å². The molecule has 0 radical (unpaired) electrons. The molecule has 0 atom stereocenters. The molecule has 30 heavy (non-hydrogen) atoms. The summed E-state index contributed by atoms with van der Waals surface area (Å²) >= 11 is 1.38. The van der Waals surface area contributed by atoms with Crippen LogP contribution in [0.15, 0.2) is 60.7 Å². The summed E-state index contributed by atoms with van der Waals surface area (Å²) in [7, 11) is 0. The Hall–Kier alpha value is -3.65. The Labute approximate surface area is 177 Å². The molecule has 2 aromatic carbocycles. The van der Waals surface area contributed by atoms with E-state index in [2.05, 4.69) is 15.7 Å². The van der Waals surface area contributed by atoms with E-state index in [1.165, 1.54) is 17.4 Å². The minimum Gasteiger partial charge on any atom is -0.507 e. The molecule has 2 amide bonds. The first-order valence-corrected chi connectivity index (χ1v) is 10.2. The molecule has 7 nitrogen and oxygen atoms in total. The summed E-state index contributed by atoms with van der Waals surface area (Å²) in [6.07, 6.45) is 0. The largest absolute Gasteiger partial charge is 0.507 e. The lowest BCUT2D eigenvalue weighted by molar-refractivity contribution is 0.0928. The lowest BCUT2D eigenvalue weighted by Crippen LogP contribution is -2.34. The standard InChI is InChI=1S/C22H20N4O3S/c1-14-17-13-19(30-22(17)26(25-14)15-7-3-2-4-8-15)21(29)24-12-11-23-20(28)16-9-5-6-10-18(16)27/h2-10,13,27H,11-12H2,1H3,(H,23,28)(H,24,29). The highest BCUT2D eigenvalue weighted by atomic mass is 32.1. The van der Waals surface area contributed by atoms with Crippen LogP contribution in [0.3, 0.4) is 0 Å². The lowest BCUT2D eigenvalue weighted by atomic mass is 10.2. The number of aromatic hydroxyl groups is 1. The summed E-state index contributed by atoms with van der Waals surface area (Å²) in [5, 5.41) is 20.7. The quantitative estimate of drug-likeness (QED) is 0.417. The summed E-state index contributed by atoms with van der Waals surface area (Å²) in [6.45, 7) is 2.45. The Morgan fingerprint density at radius 1 is 1.00 bits per heavy atom. The number of rotatable bonds is 6. The second-order valence-corrected chi connectivity index (χ2v) is 7.72. The van der Waals surface area contributed by atoms with Crippen molar-refractivity contribution in [2.45, 2.75) is 6.92 Å². The molecule has 0 spiro atoms. The topological polar surface area (TPSA) is 96.3 Å². The number of aryl methyl sites for hydroxylation is 1. The van der Waals surface area contributed by atoms with Crippen LogP contribution in [0.2, 0.25) is 0 Å². The Kier molecular flexibility index (Phi) is 5.49. The number of aromatic nitrogens is 2.